The van der Waals surface area contributed by atoms with Crippen LogP contribution in [-0.2, 0) is 0 Å². The smallest absolute Gasteiger partial charge is 0.271 e. The Bertz CT molecular complexity index is 455. The fraction of sp³-hybridized carbons (Fsp3) is 0.714. The van der Waals surface area contributed by atoms with E-state index >= 15 is 0 Å². The number of amides is 1. The maximum Gasteiger partial charge on any atom is 0.271 e. The second-order valence-electron chi connectivity index (χ2n) is 5.85. The van der Waals surface area contributed by atoms with Crippen LogP contribution in [-0.4, -0.2) is 32.9 Å². The summed E-state index contributed by atoms with van der Waals surface area (Å²) in [5.41, 5.74) is -0.348. The van der Waals surface area contributed by atoms with E-state index in [0.717, 1.165) is 19.3 Å². The lowest BCUT2D eigenvalue weighted by Gasteiger charge is -2.27. The Labute approximate surface area is 114 Å². The normalized spacial score (nSPS) is 26.9. The Kier molecular flexibility index (Phi) is 3.94. The van der Waals surface area contributed by atoms with Crippen LogP contribution >= 0.6 is 0 Å². The molecule has 0 aliphatic heterocycles. The maximum atomic E-state index is 12.0. The topological polar surface area (TPSA) is 67.2 Å². The minimum atomic E-state index is -0.754. The Balaban J connectivity index is 1.94. The molecule has 1 aliphatic carbocycles. The second kappa shape index (κ2) is 5.33. The summed E-state index contributed by atoms with van der Waals surface area (Å²) in [4.78, 5) is 12.0. The van der Waals surface area contributed by atoms with Gasteiger partial charge >= 0.3 is 0 Å². The SMILES string of the molecule is CC(C)n1ccc(C(=O)NCC2(O)CCCC2C)n1. The molecule has 0 bridgehead atoms. The molecule has 0 saturated heterocycles. The van der Waals surface area contributed by atoms with Gasteiger partial charge in [-0.05, 0) is 38.7 Å². The molecule has 5 heteroatoms. The molecule has 2 unspecified atom stereocenters. The van der Waals surface area contributed by atoms with Gasteiger partial charge in [0.25, 0.3) is 5.91 Å². The first-order valence-electron chi connectivity index (χ1n) is 6.98. The van der Waals surface area contributed by atoms with Crippen LogP contribution < -0.4 is 5.32 Å². The molecule has 1 amide bonds. The highest BCUT2D eigenvalue weighted by molar-refractivity contribution is 5.92. The van der Waals surface area contributed by atoms with Crippen molar-refractivity contribution >= 4 is 5.91 Å². The summed E-state index contributed by atoms with van der Waals surface area (Å²) in [6.45, 7) is 6.36. The van der Waals surface area contributed by atoms with Gasteiger partial charge in [-0.25, -0.2) is 0 Å². The van der Waals surface area contributed by atoms with Gasteiger partial charge in [0.1, 0.15) is 5.69 Å². The molecule has 0 aromatic carbocycles. The van der Waals surface area contributed by atoms with Crippen molar-refractivity contribution in [3.05, 3.63) is 18.0 Å². The highest BCUT2D eigenvalue weighted by Crippen LogP contribution is 2.34. The molecule has 1 aromatic rings. The minimum absolute atomic E-state index is 0.216. The van der Waals surface area contributed by atoms with Crippen LogP contribution in [0.3, 0.4) is 0 Å². The van der Waals surface area contributed by atoms with Crippen molar-refractivity contribution in [1.82, 2.24) is 15.1 Å². The van der Waals surface area contributed by atoms with Crippen molar-refractivity contribution in [2.24, 2.45) is 5.92 Å². The monoisotopic (exact) mass is 265 g/mol. The summed E-state index contributed by atoms with van der Waals surface area (Å²) >= 11 is 0. The first-order valence-corrected chi connectivity index (χ1v) is 6.98. The third-order valence-electron chi connectivity index (χ3n) is 4.09. The van der Waals surface area contributed by atoms with Crippen LogP contribution in [0.15, 0.2) is 12.3 Å². The van der Waals surface area contributed by atoms with Crippen LogP contribution in [0.4, 0.5) is 0 Å². The number of aliphatic hydroxyl groups is 1. The van der Waals surface area contributed by atoms with Gasteiger partial charge in [0, 0.05) is 18.8 Å². The molecule has 1 saturated carbocycles. The number of hydrogen-bond acceptors (Lipinski definition) is 3. The van der Waals surface area contributed by atoms with E-state index in [1.54, 1.807) is 16.9 Å². The number of nitrogens with zero attached hydrogens (tertiary/aromatic N) is 2. The second-order valence-corrected chi connectivity index (χ2v) is 5.85. The summed E-state index contributed by atoms with van der Waals surface area (Å²) in [7, 11) is 0. The van der Waals surface area contributed by atoms with Gasteiger partial charge in [0.05, 0.1) is 5.60 Å². The molecule has 0 spiro atoms. The number of nitrogens with one attached hydrogen (secondary N) is 1. The summed E-state index contributed by atoms with van der Waals surface area (Å²) in [6, 6.07) is 1.94. The lowest BCUT2D eigenvalue weighted by molar-refractivity contribution is 0.0101. The summed E-state index contributed by atoms with van der Waals surface area (Å²) in [6.07, 6.45) is 4.60. The number of rotatable bonds is 4. The molecule has 1 aliphatic rings. The van der Waals surface area contributed by atoms with Crippen molar-refractivity contribution in [2.75, 3.05) is 6.54 Å². The molecule has 1 heterocycles. The highest BCUT2D eigenvalue weighted by Gasteiger charge is 2.38. The molecule has 1 fully saturated rings. The van der Waals surface area contributed by atoms with E-state index in [9.17, 15) is 9.90 Å². The third kappa shape index (κ3) is 2.97. The zero-order valence-electron chi connectivity index (χ0n) is 11.9. The fourth-order valence-electron chi connectivity index (χ4n) is 2.56. The van der Waals surface area contributed by atoms with E-state index in [1.807, 2.05) is 20.8 Å². The Morgan fingerprint density at radius 2 is 2.42 bits per heavy atom. The van der Waals surface area contributed by atoms with E-state index in [-0.39, 0.29) is 17.9 Å². The standard InChI is InChI=1S/C14H23N3O2/c1-10(2)17-8-6-12(16-17)13(18)15-9-14(19)7-4-5-11(14)3/h6,8,10-11,19H,4-5,7,9H2,1-3H3,(H,15,18). The average molecular weight is 265 g/mol. The van der Waals surface area contributed by atoms with Crippen molar-refractivity contribution in [1.29, 1.82) is 0 Å². The van der Waals surface area contributed by atoms with Crippen LogP contribution in [0.2, 0.25) is 0 Å². The summed E-state index contributed by atoms with van der Waals surface area (Å²) in [5.74, 6) is 0.0212. The lowest BCUT2D eigenvalue weighted by Crippen LogP contribution is -2.44. The fourth-order valence-corrected chi connectivity index (χ4v) is 2.56. The Morgan fingerprint density at radius 1 is 1.68 bits per heavy atom. The number of hydrogen-bond donors (Lipinski definition) is 2. The van der Waals surface area contributed by atoms with Crippen LogP contribution in [0.1, 0.15) is 56.6 Å². The molecule has 106 valence electrons. The molecule has 5 nitrogen and oxygen atoms in total. The zero-order valence-corrected chi connectivity index (χ0v) is 11.9. The van der Waals surface area contributed by atoms with Gasteiger partial charge in [-0.2, -0.15) is 5.10 Å². The molecule has 0 radical (unpaired) electrons. The van der Waals surface area contributed by atoms with E-state index < -0.39 is 5.60 Å². The molecular weight excluding hydrogens is 242 g/mol. The first kappa shape index (κ1) is 14.1. The Hall–Kier alpha value is -1.36. The predicted molar refractivity (Wildman–Crippen MR) is 72.9 cm³/mol. The van der Waals surface area contributed by atoms with E-state index in [4.69, 9.17) is 0 Å². The molecule has 2 N–H and O–H groups in total. The van der Waals surface area contributed by atoms with Crippen molar-refractivity contribution in [3.63, 3.8) is 0 Å². The van der Waals surface area contributed by atoms with Gasteiger partial charge < -0.3 is 10.4 Å². The van der Waals surface area contributed by atoms with Gasteiger partial charge in [-0.1, -0.05) is 13.3 Å². The molecule has 1 aromatic heterocycles. The number of aromatic nitrogens is 2. The van der Waals surface area contributed by atoms with Crippen molar-refractivity contribution < 1.29 is 9.90 Å². The predicted octanol–water partition coefficient (Wildman–Crippen LogP) is 1.74. The van der Waals surface area contributed by atoms with Crippen LogP contribution in [0.5, 0.6) is 0 Å². The van der Waals surface area contributed by atoms with E-state index in [2.05, 4.69) is 10.4 Å². The van der Waals surface area contributed by atoms with E-state index in [0.29, 0.717) is 12.2 Å². The molecule has 19 heavy (non-hydrogen) atoms. The van der Waals surface area contributed by atoms with Gasteiger partial charge in [-0.3, -0.25) is 9.48 Å². The highest BCUT2D eigenvalue weighted by atomic mass is 16.3. The van der Waals surface area contributed by atoms with E-state index in [1.165, 1.54) is 0 Å². The minimum Gasteiger partial charge on any atom is -0.388 e. The Morgan fingerprint density at radius 3 is 2.95 bits per heavy atom. The largest absolute Gasteiger partial charge is 0.388 e. The number of carbonyl (C=O) groups excluding carboxylic acids is 1. The van der Waals surface area contributed by atoms with Crippen LogP contribution in [0, 0.1) is 5.92 Å². The summed E-state index contributed by atoms with van der Waals surface area (Å²) in [5, 5.41) is 17.4. The molecular formula is C14H23N3O2. The van der Waals surface area contributed by atoms with Crippen molar-refractivity contribution in [2.45, 2.75) is 51.7 Å². The van der Waals surface area contributed by atoms with Gasteiger partial charge in [0.2, 0.25) is 0 Å². The quantitative estimate of drug-likeness (QED) is 0.871. The van der Waals surface area contributed by atoms with Gasteiger partial charge in [0.15, 0.2) is 0 Å². The number of carbonyl (C=O) groups is 1. The lowest BCUT2D eigenvalue weighted by atomic mass is 9.92. The summed E-state index contributed by atoms with van der Waals surface area (Å²) < 4.78 is 1.75. The zero-order chi connectivity index (χ0) is 14.0. The molecule has 2 rings (SSSR count). The molecule has 2 atom stereocenters. The van der Waals surface area contributed by atoms with Crippen LogP contribution in [0.25, 0.3) is 0 Å². The first-order chi connectivity index (χ1) is 8.92. The third-order valence-corrected chi connectivity index (χ3v) is 4.09. The average Bonchev–Trinajstić information content (AvgIpc) is 2.96. The maximum absolute atomic E-state index is 12.0. The van der Waals surface area contributed by atoms with Gasteiger partial charge in [-0.15, -0.1) is 0 Å². The van der Waals surface area contributed by atoms with Crippen molar-refractivity contribution in [3.8, 4) is 0 Å².